The summed E-state index contributed by atoms with van der Waals surface area (Å²) in [7, 11) is 5.00. The van der Waals surface area contributed by atoms with Crippen LogP contribution in [0.5, 0.6) is 17.2 Å². The minimum atomic E-state index is -0.0500. The lowest BCUT2D eigenvalue weighted by Crippen LogP contribution is -2.40. The Morgan fingerprint density at radius 1 is 0.594 bits per heavy atom. The van der Waals surface area contributed by atoms with Gasteiger partial charge in [0.05, 0.1) is 44.5 Å². The molecule has 0 saturated heterocycles. The van der Waals surface area contributed by atoms with Gasteiger partial charge in [-0.15, -0.1) is 22.7 Å². The van der Waals surface area contributed by atoms with E-state index >= 15 is 0 Å². The van der Waals surface area contributed by atoms with E-state index in [1.807, 2.05) is 60.9 Å². The van der Waals surface area contributed by atoms with Gasteiger partial charge >= 0.3 is 0 Å². The maximum absolute atomic E-state index is 14.0. The zero-order valence-corrected chi connectivity index (χ0v) is 38.7. The highest BCUT2D eigenvalue weighted by Crippen LogP contribution is 2.42. The smallest absolute Gasteiger partial charge is 0.256 e. The van der Waals surface area contributed by atoms with Gasteiger partial charge in [-0.25, -0.2) is 0 Å². The molecule has 9 nitrogen and oxygen atoms in total. The third-order valence-corrected chi connectivity index (χ3v) is 15.0. The van der Waals surface area contributed by atoms with Gasteiger partial charge in [0.15, 0.2) is 11.5 Å². The largest absolute Gasteiger partial charge is 0.497 e. The molecule has 6 heterocycles. The number of carbonyl (C=O) groups excluding carboxylic acids is 2. The van der Waals surface area contributed by atoms with Crippen molar-refractivity contribution in [3.63, 3.8) is 0 Å². The van der Waals surface area contributed by atoms with Gasteiger partial charge in [0.2, 0.25) is 0 Å². The van der Waals surface area contributed by atoms with Crippen LogP contribution in [0.3, 0.4) is 0 Å². The number of benzene rings is 4. The Hall–Kier alpha value is -6.30. The average molecular weight is 891 g/mol. The number of ether oxygens (including phenoxy) is 3. The van der Waals surface area contributed by atoms with E-state index in [-0.39, 0.29) is 23.9 Å². The van der Waals surface area contributed by atoms with Gasteiger partial charge in [-0.1, -0.05) is 60.7 Å². The molecule has 4 aromatic heterocycles. The number of amides is 2. The summed E-state index contributed by atoms with van der Waals surface area (Å²) in [5, 5.41) is 6.34. The average Bonchev–Trinajstić information content (AvgIpc) is 4.17. The summed E-state index contributed by atoms with van der Waals surface area (Å²) in [4.78, 5) is 34.6. The first-order chi connectivity index (χ1) is 31.3. The first-order valence-electron chi connectivity index (χ1n) is 22.1. The first-order valence-corrected chi connectivity index (χ1v) is 23.8. The van der Waals surface area contributed by atoms with E-state index in [4.69, 9.17) is 14.2 Å². The number of fused-ring (bicyclic) bond motifs is 4. The van der Waals surface area contributed by atoms with E-state index in [1.54, 1.807) is 44.0 Å². The SMILES string of the molecule is CCn1cc(C(=O)N2CCc3ccsc3C2Cc2ccc(OC)cc2)c2ccccc21.CCn1cc(C(=O)N2CCc3ccsc3C2Cc2cccc(OC)c2OC)c2ccccc21. The van der Waals surface area contributed by atoms with Crippen molar-refractivity contribution in [3.05, 3.63) is 169 Å². The minimum absolute atomic E-state index is 0.0494. The van der Waals surface area contributed by atoms with Crippen LogP contribution in [0.1, 0.15) is 78.7 Å². The lowest BCUT2D eigenvalue weighted by molar-refractivity contribution is 0.0658. The predicted octanol–water partition coefficient (Wildman–Crippen LogP) is 11.4. The summed E-state index contributed by atoms with van der Waals surface area (Å²) in [6, 6.07) is 34.9. The Labute approximate surface area is 383 Å². The molecule has 8 aromatic rings. The van der Waals surface area contributed by atoms with Gasteiger partial charge in [-0.3, -0.25) is 9.59 Å². The summed E-state index contributed by atoms with van der Waals surface area (Å²) in [6.45, 7) is 7.34. The maximum Gasteiger partial charge on any atom is 0.256 e. The van der Waals surface area contributed by atoms with Crippen LogP contribution in [0, 0.1) is 0 Å². The second-order valence-corrected chi connectivity index (χ2v) is 18.1. The Morgan fingerprint density at radius 3 is 1.62 bits per heavy atom. The van der Waals surface area contributed by atoms with Crippen LogP contribution in [0.15, 0.2) is 126 Å². The summed E-state index contributed by atoms with van der Waals surface area (Å²) >= 11 is 3.50. The lowest BCUT2D eigenvalue weighted by atomic mass is 9.94. The fraction of sp³-hybridized carbons (Fsp3) is 0.283. The topological polar surface area (TPSA) is 78.2 Å². The molecule has 2 unspecified atom stereocenters. The van der Waals surface area contributed by atoms with Crippen LogP contribution in [0.2, 0.25) is 0 Å². The van der Waals surface area contributed by atoms with Crippen LogP contribution in [-0.2, 0) is 38.8 Å². The molecule has 64 heavy (non-hydrogen) atoms. The third-order valence-electron chi connectivity index (χ3n) is 12.9. The predicted molar refractivity (Wildman–Crippen MR) is 259 cm³/mol. The van der Waals surface area contributed by atoms with Gasteiger partial charge in [-0.05, 0) is 103 Å². The monoisotopic (exact) mass is 890 g/mol. The zero-order valence-electron chi connectivity index (χ0n) is 37.1. The molecule has 2 atom stereocenters. The van der Waals surface area contributed by atoms with Crippen molar-refractivity contribution >= 4 is 56.3 Å². The van der Waals surface area contributed by atoms with E-state index in [2.05, 4.69) is 98.1 Å². The van der Waals surface area contributed by atoms with Gasteiger partial charge in [0, 0.05) is 82.1 Å². The molecule has 328 valence electrons. The Kier molecular flexibility index (Phi) is 12.6. The van der Waals surface area contributed by atoms with E-state index in [0.29, 0.717) is 18.7 Å². The zero-order chi connectivity index (χ0) is 44.3. The molecule has 2 aliphatic heterocycles. The molecule has 0 radical (unpaired) electrons. The van der Waals surface area contributed by atoms with E-state index < -0.39 is 0 Å². The second-order valence-electron chi connectivity index (χ2n) is 16.2. The molecule has 0 N–H and O–H groups in total. The second kappa shape index (κ2) is 18.8. The fourth-order valence-electron chi connectivity index (χ4n) is 9.64. The molecule has 2 amide bonds. The van der Waals surface area contributed by atoms with Crippen molar-refractivity contribution in [1.29, 1.82) is 0 Å². The lowest BCUT2D eigenvalue weighted by Gasteiger charge is -2.36. The van der Waals surface area contributed by atoms with Crippen molar-refractivity contribution in [1.82, 2.24) is 18.9 Å². The van der Waals surface area contributed by atoms with E-state index in [9.17, 15) is 9.59 Å². The normalized spacial score (nSPS) is 15.6. The number of aryl methyl sites for hydroxylation is 2. The number of rotatable bonds is 11. The fourth-order valence-corrected chi connectivity index (χ4v) is 11.8. The summed E-state index contributed by atoms with van der Waals surface area (Å²) in [6.07, 6.45) is 7.31. The summed E-state index contributed by atoms with van der Waals surface area (Å²) in [5.41, 5.74) is 8.76. The molecular formula is C53H54N4O5S2. The van der Waals surface area contributed by atoms with Crippen LogP contribution >= 0.6 is 22.7 Å². The molecule has 11 heteroatoms. The molecule has 2 aliphatic rings. The number of methoxy groups -OCH3 is 3. The number of hydrogen-bond acceptors (Lipinski definition) is 7. The molecule has 0 fully saturated rings. The number of hydrogen-bond donors (Lipinski definition) is 0. The van der Waals surface area contributed by atoms with Gasteiger partial charge in [0.1, 0.15) is 5.75 Å². The van der Waals surface area contributed by atoms with Gasteiger partial charge < -0.3 is 33.1 Å². The van der Waals surface area contributed by atoms with Crippen LogP contribution in [0.25, 0.3) is 21.8 Å². The maximum atomic E-state index is 14.0. The van der Waals surface area contributed by atoms with E-state index in [1.165, 1.54) is 26.4 Å². The van der Waals surface area contributed by atoms with Crippen molar-refractivity contribution in [2.24, 2.45) is 0 Å². The summed E-state index contributed by atoms with van der Waals surface area (Å²) < 4.78 is 20.9. The molecule has 10 rings (SSSR count). The Bertz CT molecular complexity index is 2920. The number of para-hydroxylation sites is 3. The van der Waals surface area contributed by atoms with Crippen molar-refractivity contribution in [2.75, 3.05) is 34.4 Å². The first kappa shape index (κ1) is 43.0. The molecule has 0 spiro atoms. The van der Waals surface area contributed by atoms with E-state index in [0.717, 1.165) is 88.9 Å². The van der Waals surface area contributed by atoms with Crippen molar-refractivity contribution in [3.8, 4) is 17.2 Å². The molecule has 0 bridgehead atoms. The highest BCUT2D eigenvalue weighted by atomic mass is 32.1. The molecular weight excluding hydrogens is 837 g/mol. The number of carbonyl (C=O) groups is 2. The standard InChI is InChI=1S/C27H28N2O3S.C26H26N2O2S/c1-4-28-17-21(20-9-5-6-10-22(20)28)27(30)29-14-12-18-13-15-33-26(18)23(29)16-19-8-7-11-24(31-2)25(19)32-3;1-3-27-17-22(21-6-4-5-7-23(21)27)26(29)28-14-12-19-13-15-31-25(19)24(28)16-18-8-10-20(30-2)11-9-18/h5-11,13,15,17,23H,4,12,14,16H2,1-3H3;4-11,13,15,17,24H,3,12,14,16H2,1-2H3. The van der Waals surface area contributed by atoms with Crippen LogP contribution in [-0.4, -0.2) is 65.2 Å². The number of aromatic nitrogens is 2. The Balaban J connectivity index is 0.000000162. The Morgan fingerprint density at radius 2 is 1.12 bits per heavy atom. The molecule has 0 aliphatic carbocycles. The molecule has 0 saturated carbocycles. The van der Waals surface area contributed by atoms with Gasteiger partial charge in [-0.2, -0.15) is 0 Å². The van der Waals surface area contributed by atoms with Crippen LogP contribution < -0.4 is 14.2 Å². The quantitative estimate of drug-likeness (QED) is 0.129. The highest BCUT2D eigenvalue weighted by Gasteiger charge is 2.36. The number of nitrogens with zero attached hydrogens (tertiary/aromatic N) is 4. The number of thiophene rings is 2. The third kappa shape index (κ3) is 8.07. The van der Waals surface area contributed by atoms with Crippen LogP contribution in [0.4, 0.5) is 0 Å². The van der Waals surface area contributed by atoms with Crippen molar-refractivity contribution in [2.45, 2.75) is 64.7 Å². The molecule has 4 aromatic carbocycles. The van der Waals surface area contributed by atoms with Crippen molar-refractivity contribution < 1.29 is 23.8 Å². The summed E-state index contributed by atoms with van der Waals surface area (Å²) in [5.74, 6) is 2.51. The highest BCUT2D eigenvalue weighted by molar-refractivity contribution is 7.10. The minimum Gasteiger partial charge on any atom is -0.497 e. The van der Waals surface area contributed by atoms with Gasteiger partial charge in [0.25, 0.3) is 11.8 Å².